The third-order valence-corrected chi connectivity index (χ3v) is 2.92. The number of hydrogen-bond donors (Lipinski definition) is 2. The first-order valence-electron chi connectivity index (χ1n) is 6.39. The summed E-state index contributed by atoms with van der Waals surface area (Å²) in [6.45, 7) is 3.53. The van der Waals surface area contributed by atoms with Gasteiger partial charge in [0.25, 0.3) is 0 Å². The van der Waals surface area contributed by atoms with Gasteiger partial charge in [-0.1, -0.05) is 16.8 Å². The Balaban J connectivity index is 1.94. The van der Waals surface area contributed by atoms with Gasteiger partial charge in [-0.15, -0.1) is 5.10 Å². The van der Waals surface area contributed by atoms with Gasteiger partial charge >= 0.3 is 0 Å². The highest BCUT2D eigenvalue weighted by molar-refractivity contribution is 6.32. The van der Waals surface area contributed by atoms with Crippen LogP contribution in [0.3, 0.4) is 0 Å². The Labute approximate surface area is 122 Å². The van der Waals surface area contributed by atoms with Crippen LogP contribution in [0.15, 0.2) is 24.4 Å². The molecule has 20 heavy (non-hydrogen) atoms. The topological polar surface area (TPSA) is 72.2 Å². The van der Waals surface area contributed by atoms with Crippen LogP contribution in [0.5, 0.6) is 5.75 Å². The molecule has 0 aliphatic rings. The SMILES string of the molecule is CCOc1ccc(NCc2cn(CCO)nn2)cc1Cl. The Morgan fingerprint density at radius 2 is 2.30 bits per heavy atom. The summed E-state index contributed by atoms with van der Waals surface area (Å²) in [6.07, 6.45) is 1.79. The largest absolute Gasteiger partial charge is 0.492 e. The fourth-order valence-corrected chi connectivity index (χ4v) is 1.94. The molecule has 0 spiro atoms. The zero-order chi connectivity index (χ0) is 14.4. The van der Waals surface area contributed by atoms with Crippen LogP contribution < -0.4 is 10.1 Å². The quantitative estimate of drug-likeness (QED) is 0.817. The molecule has 2 N–H and O–H groups in total. The molecule has 0 bridgehead atoms. The molecule has 0 radical (unpaired) electrons. The van der Waals surface area contributed by atoms with Gasteiger partial charge in [0.05, 0.1) is 37.5 Å². The van der Waals surface area contributed by atoms with Gasteiger partial charge in [0.15, 0.2) is 0 Å². The molecule has 0 saturated heterocycles. The first-order chi connectivity index (χ1) is 9.72. The Morgan fingerprint density at radius 1 is 1.45 bits per heavy atom. The highest BCUT2D eigenvalue weighted by Crippen LogP contribution is 2.27. The molecular weight excluding hydrogens is 280 g/mol. The average Bonchev–Trinajstić information content (AvgIpc) is 2.88. The monoisotopic (exact) mass is 296 g/mol. The number of benzene rings is 1. The van der Waals surface area contributed by atoms with Crippen molar-refractivity contribution in [3.63, 3.8) is 0 Å². The number of halogens is 1. The van der Waals surface area contributed by atoms with Crippen LogP contribution in [0.4, 0.5) is 5.69 Å². The van der Waals surface area contributed by atoms with Gasteiger partial charge in [-0.3, -0.25) is 0 Å². The smallest absolute Gasteiger partial charge is 0.138 e. The van der Waals surface area contributed by atoms with Gasteiger partial charge in [-0.05, 0) is 25.1 Å². The summed E-state index contributed by atoms with van der Waals surface area (Å²) in [7, 11) is 0. The van der Waals surface area contributed by atoms with Crippen LogP contribution in [-0.4, -0.2) is 33.3 Å². The van der Waals surface area contributed by atoms with Crippen LogP contribution >= 0.6 is 11.6 Å². The molecule has 0 fully saturated rings. The molecule has 1 aromatic carbocycles. The van der Waals surface area contributed by atoms with Crippen molar-refractivity contribution in [2.24, 2.45) is 0 Å². The lowest BCUT2D eigenvalue weighted by Gasteiger charge is -2.08. The molecule has 6 nitrogen and oxygen atoms in total. The molecule has 108 valence electrons. The summed E-state index contributed by atoms with van der Waals surface area (Å²) < 4.78 is 6.97. The molecule has 1 heterocycles. The molecular formula is C13H17ClN4O2. The standard InChI is InChI=1S/C13H17ClN4O2/c1-2-20-13-4-3-10(7-12(13)14)15-8-11-9-18(5-6-19)17-16-11/h3-4,7,9,15,19H,2,5-6,8H2,1H3. The average molecular weight is 297 g/mol. The predicted octanol–water partition coefficient (Wildman–Crippen LogP) is 1.93. The zero-order valence-electron chi connectivity index (χ0n) is 11.2. The van der Waals surface area contributed by atoms with E-state index >= 15 is 0 Å². The third-order valence-electron chi connectivity index (χ3n) is 2.62. The number of ether oxygens (including phenoxy) is 1. The number of aliphatic hydroxyl groups excluding tert-OH is 1. The van der Waals surface area contributed by atoms with Crippen molar-refractivity contribution < 1.29 is 9.84 Å². The fraction of sp³-hybridized carbons (Fsp3) is 0.385. The molecule has 0 amide bonds. The van der Waals surface area contributed by atoms with Gasteiger partial charge in [0, 0.05) is 5.69 Å². The normalized spacial score (nSPS) is 10.6. The first-order valence-corrected chi connectivity index (χ1v) is 6.76. The second-order valence-corrected chi connectivity index (χ2v) is 4.54. The maximum Gasteiger partial charge on any atom is 0.138 e. The van der Waals surface area contributed by atoms with E-state index in [0.717, 1.165) is 11.4 Å². The number of nitrogens with one attached hydrogen (secondary N) is 1. The van der Waals surface area contributed by atoms with Crippen LogP contribution in [0.25, 0.3) is 0 Å². The Morgan fingerprint density at radius 3 is 3.00 bits per heavy atom. The third kappa shape index (κ3) is 3.85. The van der Waals surface area contributed by atoms with Gasteiger partial charge in [0.1, 0.15) is 11.4 Å². The Kier molecular flexibility index (Phi) is 5.20. The molecule has 0 aliphatic carbocycles. The second kappa shape index (κ2) is 7.12. The van der Waals surface area contributed by atoms with Crippen LogP contribution in [0, 0.1) is 0 Å². The number of nitrogens with zero attached hydrogens (tertiary/aromatic N) is 3. The van der Waals surface area contributed by atoms with Crippen LogP contribution in [0.1, 0.15) is 12.6 Å². The fourth-order valence-electron chi connectivity index (χ4n) is 1.71. The highest BCUT2D eigenvalue weighted by Gasteiger charge is 2.04. The van der Waals surface area contributed by atoms with E-state index in [0.29, 0.717) is 30.5 Å². The molecule has 0 unspecified atom stereocenters. The minimum Gasteiger partial charge on any atom is -0.492 e. The lowest BCUT2D eigenvalue weighted by molar-refractivity contribution is 0.268. The van der Waals surface area contributed by atoms with Crippen molar-refractivity contribution in [1.82, 2.24) is 15.0 Å². The molecule has 0 aliphatic heterocycles. The van der Waals surface area contributed by atoms with E-state index in [9.17, 15) is 0 Å². The summed E-state index contributed by atoms with van der Waals surface area (Å²) in [5.41, 5.74) is 1.68. The number of anilines is 1. The predicted molar refractivity (Wildman–Crippen MR) is 77.1 cm³/mol. The lowest BCUT2D eigenvalue weighted by Crippen LogP contribution is -2.02. The van der Waals surface area contributed by atoms with Gasteiger partial charge in [0.2, 0.25) is 0 Å². The van der Waals surface area contributed by atoms with Crippen molar-refractivity contribution in [2.75, 3.05) is 18.5 Å². The van der Waals surface area contributed by atoms with Gasteiger partial charge in [-0.25, -0.2) is 4.68 Å². The molecule has 2 rings (SSSR count). The van der Waals surface area contributed by atoms with Gasteiger partial charge < -0.3 is 15.2 Å². The van der Waals surface area contributed by atoms with Crippen molar-refractivity contribution in [3.05, 3.63) is 35.1 Å². The first kappa shape index (κ1) is 14.6. The molecule has 2 aromatic rings. The van der Waals surface area contributed by atoms with Gasteiger partial charge in [-0.2, -0.15) is 0 Å². The number of aliphatic hydroxyl groups is 1. The van der Waals surface area contributed by atoms with Crippen LogP contribution in [0.2, 0.25) is 5.02 Å². The summed E-state index contributed by atoms with van der Waals surface area (Å²) in [4.78, 5) is 0. The van der Waals surface area contributed by atoms with E-state index in [1.54, 1.807) is 10.9 Å². The van der Waals surface area contributed by atoms with Crippen molar-refractivity contribution in [3.8, 4) is 5.75 Å². The lowest BCUT2D eigenvalue weighted by atomic mass is 10.3. The molecule has 1 aromatic heterocycles. The summed E-state index contributed by atoms with van der Waals surface area (Å²) >= 11 is 6.11. The summed E-state index contributed by atoms with van der Waals surface area (Å²) in [6, 6.07) is 5.54. The van der Waals surface area contributed by atoms with E-state index < -0.39 is 0 Å². The Bertz CT molecular complexity index is 559. The number of aromatic nitrogens is 3. The summed E-state index contributed by atoms with van der Waals surface area (Å²) in [5.74, 6) is 0.675. The maximum atomic E-state index is 8.81. The van der Waals surface area contributed by atoms with E-state index in [-0.39, 0.29) is 6.61 Å². The van der Waals surface area contributed by atoms with Crippen molar-refractivity contribution in [2.45, 2.75) is 20.0 Å². The maximum absolute atomic E-state index is 8.81. The minimum atomic E-state index is 0.0464. The Hall–Kier alpha value is -1.79. The molecule has 0 atom stereocenters. The van der Waals surface area contributed by atoms with E-state index in [1.807, 2.05) is 25.1 Å². The molecule has 7 heteroatoms. The summed E-state index contributed by atoms with van der Waals surface area (Å²) in [5, 5.41) is 20.5. The van der Waals surface area contributed by atoms with E-state index in [1.165, 1.54) is 0 Å². The highest BCUT2D eigenvalue weighted by atomic mass is 35.5. The molecule has 0 saturated carbocycles. The van der Waals surface area contributed by atoms with Crippen molar-refractivity contribution in [1.29, 1.82) is 0 Å². The number of hydrogen-bond acceptors (Lipinski definition) is 5. The zero-order valence-corrected chi connectivity index (χ0v) is 12.0. The number of rotatable bonds is 7. The van der Waals surface area contributed by atoms with E-state index in [2.05, 4.69) is 15.6 Å². The van der Waals surface area contributed by atoms with Crippen LogP contribution in [-0.2, 0) is 13.1 Å². The minimum absolute atomic E-state index is 0.0464. The van der Waals surface area contributed by atoms with Crippen molar-refractivity contribution >= 4 is 17.3 Å². The van der Waals surface area contributed by atoms with E-state index in [4.69, 9.17) is 21.4 Å². The second-order valence-electron chi connectivity index (χ2n) is 4.13.